The molecule has 1 aromatic heterocycles. The Kier molecular flexibility index (Phi) is 5.27. The van der Waals surface area contributed by atoms with Crippen molar-refractivity contribution in [3.63, 3.8) is 0 Å². The van der Waals surface area contributed by atoms with Gasteiger partial charge in [0, 0.05) is 38.1 Å². The summed E-state index contributed by atoms with van der Waals surface area (Å²) in [5.74, 6) is -0.0983. The van der Waals surface area contributed by atoms with Gasteiger partial charge in [0.15, 0.2) is 5.69 Å². The molecule has 29 heavy (non-hydrogen) atoms. The average molecular weight is 402 g/mol. The van der Waals surface area contributed by atoms with E-state index < -0.39 is 11.7 Å². The van der Waals surface area contributed by atoms with Crippen molar-refractivity contribution in [2.24, 2.45) is 0 Å². The van der Waals surface area contributed by atoms with Gasteiger partial charge in [-0.05, 0) is 30.2 Å². The maximum absolute atomic E-state index is 12.9. The highest BCUT2D eigenvalue weighted by Crippen LogP contribution is 2.29. The second-order valence-electron chi connectivity index (χ2n) is 7.23. The molecular formula is C21H21F3N4O. The number of benzene rings is 2. The molecule has 1 aliphatic heterocycles. The molecule has 0 aliphatic carbocycles. The maximum Gasteiger partial charge on any atom is 0.416 e. The largest absolute Gasteiger partial charge is 0.416 e. The van der Waals surface area contributed by atoms with E-state index in [2.05, 4.69) is 15.1 Å². The van der Waals surface area contributed by atoms with Crippen molar-refractivity contribution in [1.82, 2.24) is 20.0 Å². The minimum absolute atomic E-state index is 0.0983. The topological polar surface area (TPSA) is 52.2 Å². The predicted molar refractivity (Wildman–Crippen MR) is 103 cm³/mol. The molecule has 2 aromatic carbocycles. The first-order valence-corrected chi connectivity index (χ1v) is 9.53. The third-order valence-corrected chi connectivity index (χ3v) is 5.24. The highest BCUT2D eigenvalue weighted by atomic mass is 19.4. The summed E-state index contributed by atoms with van der Waals surface area (Å²) in [7, 11) is 0. The minimum atomic E-state index is -4.32. The number of nitrogens with zero attached hydrogens (tertiary/aromatic N) is 3. The minimum Gasteiger partial charge on any atom is -0.336 e. The lowest BCUT2D eigenvalue weighted by Gasteiger charge is -2.21. The Bertz CT molecular complexity index is 997. The first kappa shape index (κ1) is 19.4. The molecule has 1 saturated heterocycles. The number of carbonyl (C=O) groups excluding carboxylic acids is 1. The van der Waals surface area contributed by atoms with Crippen molar-refractivity contribution in [3.8, 4) is 0 Å². The number of rotatable bonds is 3. The Morgan fingerprint density at radius 2 is 1.76 bits per heavy atom. The van der Waals surface area contributed by atoms with Gasteiger partial charge >= 0.3 is 6.18 Å². The molecule has 8 heteroatoms. The predicted octanol–water partition coefficient (Wildman–Crippen LogP) is 3.93. The van der Waals surface area contributed by atoms with E-state index in [1.54, 1.807) is 4.90 Å². The number of H-pyrrole nitrogens is 1. The molecule has 0 radical (unpaired) electrons. The van der Waals surface area contributed by atoms with Crippen LogP contribution in [0.2, 0.25) is 0 Å². The molecule has 0 bridgehead atoms. The lowest BCUT2D eigenvalue weighted by Crippen LogP contribution is -2.35. The SMILES string of the molecule is O=C(c1n[nH]c2ccccc12)N1CCCN(Cc2ccc(C(F)(F)F)cc2)CC1. The van der Waals surface area contributed by atoms with Crippen molar-refractivity contribution < 1.29 is 18.0 Å². The number of fused-ring (bicyclic) bond motifs is 1. The molecule has 1 N–H and O–H groups in total. The zero-order valence-electron chi connectivity index (χ0n) is 15.7. The van der Waals surface area contributed by atoms with E-state index in [-0.39, 0.29) is 5.91 Å². The van der Waals surface area contributed by atoms with Gasteiger partial charge < -0.3 is 4.90 Å². The van der Waals surface area contributed by atoms with Gasteiger partial charge in [0.1, 0.15) is 0 Å². The number of alkyl halides is 3. The Morgan fingerprint density at radius 3 is 2.52 bits per heavy atom. The van der Waals surface area contributed by atoms with Crippen molar-refractivity contribution in [2.45, 2.75) is 19.1 Å². The summed E-state index contributed by atoms with van der Waals surface area (Å²) in [6.45, 7) is 3.19. The first-order valence-electron chi connectivity index (χ1n) is 9.53. The molecule has 152 valence electrons. The second kappa shape index (κ2) is 7.87. The summed E-state index contributed by atoms with van der Waals surface area (Å²) in [4.78, 5) is 16.9. The van der Waals surface area contributed by atoms with Crippen LogP contribution in [-0.4, -0.2) is 52.1 Å². The standard InChI is InChI=1S/C21H21F3N4O/c22-21(23,24)16-8-6-15(7-9-16)14-27-10-3-11-28(13-12-27)20(29)19-17-4-1-2-5-18(17)25-26-19/h1-2,4-9H,3,10-14H2,(H,25,26). The average Bonchev–Trinajstić information content (AvgIpc) is 3.00. The van der Waals surface area contributed by atoms with Crippen LogP contribution in [-0.2, 0) is 12.7 Å². The van der Waals surface area contributed by atoms with E-state index in [0.717, 1.165) is 41.6 Å². The maximum atomic E-state index is 12.9. The van der Waals surface area contributed by atoms with Crippen molar-refractivity contribution >= 4 is 16.8 Å². The first-order chi connectivity index (χ1) is 13.9. The monoisotopic (exact) mass is 402 g/mol. The van der Waals surface area contributed by atoms with E-state index in [9.17, 15) is 18.0 Å². The molecule has 5 nitrogen and oxygen atoms in total. The number of para-hydroxylation sites is 1. The highest BCUT2D eigenvalue weighted by molar-refractivity contribution is 6.04. The van der Waals surface area contributed by atoms with Gasteiger partial charge in [0.2, 0.25) is 0 Å². The lowest BCUT2D eigenvalue weighted by atomic mass is 10.1. The van der Waals surface area contributed by atoms with Crippen molar-refractivity contribution in [3.05, 3.63) is 65.4 Å². The summed E-state index contributed by atoms with van der Waals surface area (Å²) in [6, 6.07) is 12.8. The van der Waals surface area contributed by atoms with Crippen LogP contribution in [0.5, 0.6) is 0 Å². The third kappa shape index (κ3) is 4.27. The fourth-order valence-electron chi connectivity index (χ4n) is 3.67. The van der Waals surface area contributed by atoms with Crippen molar-refractivity contribution in [2.75, 3.05) is 26.2 Å². The third-order valence-electron chi connectivity index (χ3n) is 5.24. The number of halogens is 3. The van der Waals surface area contributed by atoms with E-state index in [1.807, 2.05) is 24.3 Å². The molecule has 4 rings (SSSR count). The fraction of sp³-hybridized carbons (Fsp3) is 0.333. The van der Waals surface area contributed by atoms with Gasteiger partial charge in [0.25, 0.3) is 5.91 Å². The zero-order valence-corrected chi connectivity index (χ0v) is 15.7. The molecular weight excluding hydrogens is 381 g/mol. The molecule has 2 heterocycles. The summed E-state index contributed by atoms with van der Waals surface area (Å²) in [6.07, 6.45) is -3.52. The number of nitrogens with one attached hydrogen (secondary N) is 1. The normalized spacial score (nSPS) is 16.2. The summed E-state index contributed by atoms with van der Waals surface area (Å²) < 4.78 is 38.1. The molecule has 3 aromatic rings. The zero-order chi connectivity index (χ0) is 20.4. The van der Waals surface area contributed by atoms with Crippen LogP contribution in [0, 0.1) is 0 Å². The van der Waals surface area contributed by atoms with Gasteiger partial charge in [-0.3, -0.25) is 14.8 Å². The number of aromatic nitrogens is 2. The van der Waals surface area contributed by atoms with E-state index in [1.165, 1.54) is 12.1 Å². The van der Waals surface area contributed by atoms with E-state index in [0.29, 0.717) is 31.9 Å². The van der Waals surface area contributed by atoms with E-state index >= 15 is 0 Å². The number of carbonyl (C=O) groups is 1. The molecule has 0 spiro atoms. The number of aromatic amines is 1. The molecule has 0 unspecified atom stereocenters. The molecule has 0 atom stereocenters. The summed E-state index contributed by atoms with van der Waals surface area (Å²) in [5.41, 5.74) is 1.45. The number of hydrogen-bond acceptors (Lipinski definition) is 3. The van der Waals surface area contributed by atoms with Crippen LogP contribution in [0.1, 0.15) is 28.0 Å². The van der Waals surface area contributed by atoms with Crippen LogP contribution in [0.15, 0.2) is 48.5 Å². The van der Waals surface area contributed by atoms with Gasteiger partial charge in [-0.25, -0.2) is 0 Å². The van der Waals surface area contributed by atoms with Crippen LogP contribution >= 0.6 is 0 Å². The van der Waals surface area contributed by atoms with Gasteiger partial charge in [-0.2, -0.15) is 18.3 Å². The van der Waals surface area contributed by atoms with Crippen molar-refractivity contribution in [1.29, 1.82) is 0 Å². The Balaban J connectivity index is 1.40. The van der Waals surface area contributed by atoms with Crippen LogP contribution in [0.3, 0.4) is 0 Å². The Labute approximate surface area is 166 Å². The van der Waals surface area contributed by atoms with Crippen LogP contribution in [0.4, 0.5) is 13.2 Å². The molecule has 1 amide bonds. The molecule has 1 fully saturated rings. The Morgan fingerprint density at radius 1 is 1.00 bits per heavy atom. The van der Waals surface area contributed by atoms with Crippen LogP contribution < -0.4 is 0 Å². The summed E-state index contributed by atoms with van der Waals surface area (Å²) in [5, 5.41) is 7.90. The van der Waals surface area contributed by atoms with Gasteiger partial charge in [-0.15, -0.1) is 0 Å². The van der Waals surface area contributed by atoms with Gasteiger partial charge in [-0.1, -0.05) is 30.3 Å². The Hall–Kier alpha value is -2.87. The molecule has 1 aliphatic rings. The molecule has 0 saturated carbocycles. The van der Waals surface area contributed by atoms with Gasteiger partial charge in [0.05, 0.1) is 11.1 Å². The quantitative estimate of drug-likeness (QED) is 0.722. The lowest BCUT2D eigenvalue weighted by molar-refractivity contribution is -0.137. The number of amides is 1. The van der Waals surface area contributed by atoms with E-state index in [4.69, 9.17) is 0 Å². The smallest absolute Gasteiger partial charge is 0.336 e. The fourth-order valence-corrected chi connectivity index (χ4v) is 3.67. The summed E-state index contributed by atoms with van der Waals surface area (Å²) >= 11 is 0. The van der Waals surface area contributed by atoms with Crippen LogP contribution in [0.25, 0.3) is 10.9 Å². The number of hydrogen-bond donors (Lipinski definition) is 1. The highest BCUT2D eigenvalue weighted by Gasteiger charge is 2.30. The second-order valence-corrected chi connectivity index (χ2v) is 7.23.